The van der Waals surface area contributed by atoms with Crippen molar-refractivity contribution in [3.8, 4) is 0 Å². The molecule has 0 N–H and O–H groups in total. The van der Waals surface area contributed by atoms with Crippen LogP contribution in [0, 0.1) is 5.92 Å². The summed E-state index contributed by atoms with van der Waals surface area (Å²) in [7, 11) is 0. The van der Waals surface area contributed by atoms with Gasteiger partial charge in [-0.05, 0) is 25.2 Å². The first-order valence-electron chi connectivity index (χ1n) is 4.57. The van der Waals surface area contributed by atoms with Gasteiger partial charge in [0.15, 0.2) is 0 Å². The van der Waals surface area contributed by atoms with E-state index in [2.05, 4.69) is 26.0 Å². The number of rotatable bonds is 3. The van der Waals surface area contributed by atoms with Gasteiger partial charge in [-0.1, -0.05) is 26.0 Å². The third-order valence-corrected chi connectivity index (χ3v) is 1.85. The molecule has 0 aromatic carbocycles. The highest BCUT2D eigenvalue weighted by molar-refractivity contribution is 4.94. The highest BCUT2D eigenvalue weighted by Crippen LogP contribution is 2.14. The molecule has 1 heteroatoms. The highest BCUT2D eigenvalue weighted by Gasteiger charge is 2.08. The van der Waals surface area contributed by atoms with E-state index < -0.39 is 0 Å². The summed E-state index contributed by atoms with van der Waals surface area (Å²) in [4.78, 5) is 0. The molecule has 0 bridgehead atoms. The molecule has 0 spiro atoms. The summed E-state index contributed by atoms with van der Waals surface area (Å²) < 4.78 is 5.66. The van der Waals surface area contributed by atoms with Gasteiger partial charge in [0.05, 0.1) is 6.10 Å². The fraction of sp³-hybridized carbons (Fsp3) is 0.800. The fourth-order valence-electron chi connectivity index (χ4n) is 1.24. The zero-order valence-corrected chi connectivity index (χ0v) is 7.55. The summed E-state index contributed by atoms with van der Waals surface area (Å²) in [5.74, 6) is 0.658. The maximum atomic E-state index is 5.66. The number of hydrogen-bond donors (Lipinski definition) is 0. The van der Waals surface area contributed by atoms with Crippen molar-refractivity contribution in [2.45, 2.75) is 39.2 Å². The van der Waals surface area contributed by atoms with Crippen LogP contribution in [0.15, 0.2) is 12.2 Å². The lowest BCUT2D eigenvalue weighted by Crippen LogP contribution is -2.15. The Kier molecular flexibility index (Phi) is 3.64. The van der Waals surface area contributed by atoms with Crippen molar-refractivity contribution in [2.24, 2.45) is 5.92 Å². The zero-order valence-electron chi connectivity index (χ0n) is 7.55. The molecule has 0 saturated carbocycles. The van der Waals surface area contributed by atoms with Crippen LogP contribution in [0.3, 0.4) is 0 Å². The van der Waals surface area contributed by atoms with Crippen LogP contribution in [0.1, 0.15) is 33.1 Å². The molecule has 1 unspecified atom stereocenters. The number of ether oxygens (including phenoxy) is 1. The molecule has 0 aliphatic heterocycles. The van der Waals surface area contributed by atoms with Crippen LogP contribution in [0.4, 0.5) is 0 Å². The van der Waals surface area contributed by atoms with E-state index in [1.807, 2.05) is 0 Å². The van der Waals surface area contributed by atoms with Gasteiger partial charge in [-0.2, -0.15) is 0 Å². The lowest BCUT2D eigenvalue weighted by atomic mass is 10.1. The highest BCUT2D eigenvalue weighted by atomic mass is 16.5. The molecular weight excluding hydrogens is 136 g/mol. The summed E-state index contributed by atoms with van der Waals surface area (Å²) in [5.41, 5.74) is 0. The third kappa shape index (κ3) is 3.57. The third-order valence-electron chi connectivity index (χ3n) is 1.85. The minimum atomic E-state index is 0.408. The molecule has 0 radical (unpaired) electrons. The largest absolute Gasteiger partial charge is 0.374 e. The average Bonchev–Trinajstić information content (AvgIpc) is 2.03. The standard InChI is InChI=1S/C10H18O/c1-9(2)8-11-10-6-4-3-5-7-10/h4,6,9-10H,3,5,7-8H2,1-2H3. The van der Waals surface area contributed by atoms with Crippen LogP contribution in [-0.2, 0) is 4.74 Å². The first-order chi connectivity index (χ1) is 5.29. The van der Waals surface area contributed by atoms with Crippen LogP contribution < -0.4 is 0 Å². The number of allylic oxidation sites excluding steroid dienone is 1. The van der Waals surface area contributed by atoms with Crippen molar-refractivity contribution in [3.63, 3.8) is 0 Å². The maximum absolute atomic E-state index is 5.66. The van der Waals surface area contributed by atoms with Crippen LogP contribution in [-0.4, -0.2) is 12.7 Å². The van der Waals surface area contributed by atoms with Crippen molar-refractivity contribution >= 4 is 0 Å². The molecule has 0 fully saturated rings. The van der Waals surface area contributed by atoms with Gasteiger partial charge in [0.25, 0.3) is 0 Å². The smallest absolute Gasteiger partial charge is 0.0756 e. The molecule has 1 rings (SSSR count). The first kappa shape index (κ1) is 8.79. The Hall–Kier alpha value is -0.300. The summed E-state index contributed by atoms with van der Waals surface area (Å²) in [6.07, 6.45) is 8.58. The molecule has 0 aromatic heterocycles. The van der Waals surface area contributed by atoms with Gasteiger partial charge in [-0.3, -0.25) is 0 Å². The van der Waals surface area contributed by atoms with E-state index in [1.54, 1.807) is 0 Å². The Morgan fingerprint density at radius 3 is 2.91 bits per heavy atom. The second-order valence-electron chi connectivity index (χ2n) is 3.62. The Balaban J connectivity index is 2.15. The minimum Gasteiger partial charge on any atom is -0.374 e. The molecule has 1 nitrogen and oxygen atoms in total. The summed E-state index contributed by atoms with van der Waals surface area (Å²) >= 11 is 0. The van der Waals surface area contributed by atoms with Gasteiger partial charge >= 0.3 is 0 Å². The molecule has 1 aliphatic carbocycles. The van der Waals surface area contributed by atoms with Gasteiger partial charge in [0, 0.05) is 6.61 Å². The zero-order chi connectivity index (χ0) is 8.10. The molecule has 0 aromatic rings. The topological polar surface area (TPSA) is 9.23 Å². The maximum Gasteiger partial charge on any atom is 0.0756 e. The average molecular weight is 154 g/mol. The van der Waals surface area contributed by atoms with Gasteiger partial charge in [-0.15, -0.1) is 0 Å². The Labute approximate surface area is 69.4 Å². The minimum absolute atomic E-state index is 0.408. The van der Waals surface area contributed by atoms with Crippen molar-refractivity contribution in [1.82, 2.24) is 0 Å². The van der Waals surface area contributed by atoms with Crippen LogP contribution >= 0.6 is 0 Å². The quantitative estimate of drug-likeness (QED) is 0.568. The van der Waals surface area contributed by atoms with E-state index in [0.717, 1.165) is 6.61 Å². The van der Waals surface area contributed by atoms with E-state index >= 15 is 0 Å². The summed E-state index contributed by atoms with van der Waals surface area (Å²) in [5, 5.41) is 0. The molecule has 1 atom stereocenters. The van der Waals surface area contributed by atoms with Gasteiger partial charge in [-0.25, -0.2) is 0 Å². The first-order valence-corrected chi connectivity index (χ1v) is 4.57. The van der Waals surface area contributed by atoms with Crippen LogP contribution in [0.2, 0.25) is 0 Å². The van der Waals surface area contributed by atoms with Crippen molar-refractivity contribution in [2.75, 3.05) is 6.61 Å². The Bertz CT molecular complexity index is 127. The van der Waals surface area contributed by atoms with E-state index in [4.69, 9.17) is 4.74 Å². The normalized spacial score (nSPS) is 24.5. The molecule has 1 aliphatic rings. The second kappa shape index (κ2) is 4.55. The SMILES string of the molecule is CC(C)COC1C=CCCC1. The van der Waals surface area contributed by atoms with E-state index in [1.165, 1.54) is 19.3 Å². The van der Waals surface area contributed by atoms with Gasteiger partial charge < -0.3 is 4.74 Å². The monoisotopic (exact) mass is 154 g/mol. The van der Waals surface area contributed by atoms with E-state index in [-0.39, 0.29) is 0 Å². The Morgan fingerprint density at radius 2 is 2.36 bits per heavy atom. The van der Waals surface area contributed by atoms with Crippen LogP contribution in [0.25, 0.3) is 0 Å². The molecular formula is C10H18O. The second-order valence-corrected chi connectivity index (χ2v) is 3.62. The van der Waals surface area contributed by atoms with Crippen molar-refractivity contribution in [3.05, 3.63) is 12.2 Å². The number of hydrogen-bond acceptors (Lipinski definition) is 1. The van der Waals surface area contributed by atoms with Crippen LogP contribution in [0.5, 0.6) is 0 Å². The lowest BCUT2D eigenvalue weighted by molar-refractivity contribution is 0.0565. The van der Waals surface area contributed by atoms with Crippen molar-refractivity contribution < 1.29 is 4.74 Å². The molecule has 64 valence electrons. The molecule has 0 amide bonds. The molecule has 0 saturated heterocycles. The molecule has 0 heterocycles. The predicted molar refractivity (Wildman–Crippen MR) is 47.6 cm³/mol. The Morgan fingerprint density at radius 1 is 1.55 bits per heavy atom. The molecule has 11 heavy (non-hydrogen) atoms. The summed E-state index contributed by atoms with van der Waals surface area (Å²) in [6.45, 7) is 5.27. The lowest BCUT2D eigenvalue weighted by Gasteiger charge is -2.18. The van der Waals surface area contributed by atoms with E-state index in [9.17, 15) is 0 Å². The fourth-order valence-corrected chi connectivity index (χ4v) is 1.24. The summed E-state index contributed by atoms with van der Waals surface area (Å²) in [6, 6.07) is 0. The van der Waals surface area contributed by atoms with Crippen molar-refractivity contribution in [1.29, 1.82) is 0 Å². The van der Waals surface area contributed by atoms with Gasteiger partial charge in [0.2, 0.25) is 0 Å². The predicted octanol–water partition coefficient (Wildman–Crippen LogP) is 2.77. The van der Waals surface area contributed by atoms with Gasteiger partial charge in [0.1, 0.15) is 0 Å². The van der Waals surface area contributed by atoms with E-state index in [0.29, 0.717) is 12.0 Å².